The number of halogens is 1. The minimum atomic E-state index is 0.731. The number of ether oxygens (including phenoxy) is 1. The van der Waals surface area contributed by atoms with E-state index in [1.54, 1.807) is 7.11 Å². The van der Waals surface area contributed by atoms with E-state index in [-0.39, 0.29) is 0 Å². The lowest BCUT2D eigenvalue weighted by molar-refractivity contribution is 0.315. The van der Waals surface area contributed by atoms with Gasteiger partial charge >= 0.3 is 0 Å². The topological polar surface area (TPSA) is 48.2 Å². The average Bonchev–Trinajstić information content (AvgIpc) is 2.85. The minimum absolute atomic E-state index is 0.731. The fourth-order valence-electron chi connectivity index (χ4n) is 1.86. The standard InChI is InChI=1S/C13H9BrN2O2/c1-17-13-5-3-9(14)7-10(13)8-2-4-11-12(6-8)16-18-15-11/h2-7H,1H3. The van der Waals surface area contributed by atoms with Crippen molar-refractivity contribution in [2.24, 2.45) is 0 Å². The highest BCUT2D eigenvalue weighted by molar-refractivity contribution is 9.10. The zero-order valence-corrected chi connectivity index (χ0v) is 11.1. The molecule has 0 amide bonds. The predicted molar refractivity (Wildman–Crippen MR) is 71.5 cm³/mol. The number of benzene rings is 2. The Bertz CT molecular complexity index is 709. The summed E-state index contributed by atoms with van der Waals surface area (Å²) in [7, 11) is 1.66. The Morgan fingerprint density at radius 2 is 1.89 bits per heavy atom. The van der Waals surface area contributed by atoms with Gasteiger partial charge in [-0.3, -0.25) is 0 Å². The Kier molecular flexibility index (Phi) is 2.76. The van der Waals surface area contributed by atoms with Crippen LogP contribution in [-0.2, 0) is 0 Å². The van der Waals surface area contributed by atoms with E-state index in [9.17, 15) is 0 Å². The van der Waals surface area contributed by atoms with E-state index in [4.69, 9.17) is 9.37 Å². The van der Waals surface area contributed by atoms with Gasteiger partial charge in [0, 0.05) is 10.0 Å². The lowest BCUT2D eigenvalue weighted by Gasteiger charge is -2.08. The van der Waals surface area contributed by atoms with Gasteiger partial charge in [0.25, 0.3) is 0 Å². The second-order valence-electron chi connectivity index (χ2n) is 3.81. The summed E-state index contributed by atoms with van der Waals surface area (Å²) < 4.78 is 11.1. The number of methoxy groups -OCH3 is 1. The molecule has 0 unspecified atom stereocenters. The van der Waals surface area contributed by atoms with Crippen LogP contribution in [0.25, 0.3) is 22.2 Å². The maximum Gasteiger partial charge on any atom is 0.135 e. The van der Waals surface area contributed by atoms with Crippen LogP contribution in [0.3, 0.4) is 0 Å². The third-order valence-corrected chi connectivity index (χ3v) is 3.22. The van der Waals surface area contributed by atoms with E-state index in [0.29, 0.717) is 0 Å². The summed E-state index contributed by atoms with van der Waals surface area (Å²) in [6, 6.07) is 11.6. The molecule has 18 heavy (non-hydrogen) atoms. The molecule has 0 fully saturated rings. The number of hydrogen-bond acceptors (Lipinski definition) is 4. The molecule has 0 N–H and O–H groups in total. The van der Waals surface area contributed by atoms with Crippen LogP contribution in [0.5, 0.6) is 5.75 Å². The van der Waals surface area contributed by atoms with Crippen molar-refractivity contribution in [2.75, 3.05) is 7.11 Å². The van der Waals surface area contributed by atoms with Crippen LogP contribution in [0.4, 0.5) is 0 Å². The lowest BCUT2D eigenvalue weighted by atomic mass is 10.0. The second-order valence-corrected chi connectivity index (χ2v) is 4.73. The molecule has 0 radical (unpaired) electrons. The summed E-state index contributed by atoms with van der Waals surface area (Å²) in [6.07, 6.45) is 0. The first-order valence-electron chi connectivity index (χ1n) is 5.34. The van der Waals surface area contributed by atoms with Crippen LogP contribution in [0, 0.1) is 0 Å². The fourth-order valence-corrected chi connectivity index (χ4v) is 2.22. The smallest absolute Gasteiger partial charge is 0.135 e. The molecule has 3 aromatic rings. The predicted octanol–water partition coefficient (Wildman–Crippen LogP) is 3.66. The number of hydrogen-bond donors (Lipinski definition) is 0. The first-order valence-corrected chi connectivity index (χ1v) is 6.13. The van der Waals surface area contributed by atoms with Crippen LogP contribution >= 0.6 is 15.9 Å². The van der Waals surface area contributed by atoms with Crippen molar-refractivity contribution < 1.29 is 9.37 Å². The summed E-state index contributed by atoms with van der Waals surface area (Å²) >= 11 is 3.46. The minimum Gasteiger partial charge on any atom is -0.496 e. The first kappa shape index (κ1) is 11.2. The molecule has 4 nitrogen and oxygen atoms in total. The third-order valence-electron chi connectivity index (χ3n) is 2.73. The highest BCUT2D eigenvalue weighted by Crippen LogP contribution is 2.33. The molecule has 90 valence electrons. The molecule has 1 heterocycles. The summed E-state index contributed by atoms with van der Waals surface area (Å²) in [4.78, 5) is 0. The molecule has 0 aliphatic heterocycles. The molecule has 0 spiro atoms. The molecule has 3 rings (SSSR count). The second kappa shape index (κ2) is 4.42. The van der Waals surface area contributed by atoms with Gasteiger partial charge in [0.2, 0.25) is 0 Å². The van der Waals surface area contributed by atoms with Gasteiger partial charge in [-0.15, -0.1) is 0 Å². The maximum absolute atomic E-state index is 5.37. The SMILES string of the molecule is COc1ccc(Br)cc1-c1ccc2nonc2c1. The Balaban J connectivity index is 2.21. The van der Waals surface area contributed by atoms with Crippen LogP contribution in [0.2, 0.25) is 0 Å². The molecule has 0 saturated heterocycles. The summed E-state index contributed by atoms with van der Waals surface area (Å²) in [5, 5.41) is 7.63. The molecule has 1 aromatic heterocycles. The van der Waals surface area contributed by atoms with Gasteiger partial charge in [0.05, 0.1) is 7.11 Å². The van der Waals surface area contributed by atoms with Gasteiger partial charge in [0.15, 0.2) is 0 Å². The van der Waals surface area contributed by atoms with Gasteiger partial charge in [-0.05, 0) is 46.2 Å². The van der Waals surface area contributed by atoms with Crippen LogP contribution in [0.15, 0.2) is 45.5 Å². The molecule has 2 aromatic carbocycles. The largest absolute Gasteiger partial charge is 0.496 e. The number of rotatable bonds is 2. The molecule has 5 heteroatoms. The van der Waals surface area contributed by atoms with Crippen LogP contribution in [0.1, 0.15) is 0 Å². The van der Waals surface area contributed by atoms with E-state index in [1.165, 1.54) is 0 Å². The van der Waals surface area contributed by atoms with Crippen molar-refractivity contribution in [2.45, 2.75) is 0 Å². The Morgan fingerprint density at radius 3 is 2.72 bits per heavy atom. The quantitative estimate of drug-likeness (QED) is 0.725. The van der Waals surface area contributed by atoms with Crippen molar-refractivity contribution in [1.29, 1.82) is 0 Å². The van der Waals surface area contributed by atoms with E-state index >= 15 is 0 Å². The maximum atomic E-state index is 5.37. The van der Waals surface area contributed by atoms with Crippen molar-refractivity contribution in [3.05, 3.63) is 40.9 Å². The Hall–Kier alpha value is -1.88. The zero-order chi connectivity index (χ0) is 12.5. The van der Waals surface area contributed by atoms with E-state index in [2.05, 4.69) is 26.2 Å². The van der Waals surface area contributed by atoms with E-state index in [1.807, 2.05) is 36.4 Å². The highest BCUT2D eigenvalue weighted by atomic mass is 79.9. The zero-order valence-electron chi connectivity index (χ0n) is 9.55. The molecule has 0 aliphatic carbocycles. The molecule has 0 saturated carbocycles. The van der Waals surface area contributed by atoms with Crippen molar-refractivity contribution in [3.8, 4) is 16.9 Å². The van der Waals surface area contributed by atoms with E-state index in [0.717, 1.165) is 32.4 Å². The summed E-state index contributed by atoms with van der Waals surface area (Å²) in [5.74, 6) is 0.814. The van der Waals surface area contributed by atoms with Crippen LogP contribution in [-0.4, -0.2) is 17.4 Å². The Morgan fingerprint density at radius 1 is 1.06 bits per heavy atom. The van der Waals surface area contributed by atoms with Gasteiger partial charge in [-0.2, -0.15) is 0 Å². The van der Waals surface area contributed by atoms with Gasteiger partial charge in [-0.1, -0.05) is 22.0 Å². The first-order chi connectivity index (χ1) is 8.78. The van der Waals surface area contributed by atoms with Gasteiger partial charge < -0.3 is 4.74 Å². The van der Waals surface area contributed by atoms with Crippen LogP contribution < -0.4 is 4.74 Å². The van der Waals surface area contributed by atoms with Crippen molar-refractivity contribution in [3.63, 3.8) is 0 Å². The van der Waals surface area contributed by atoms with Crippen molar-refractivity contribution >= 4 is 27.0 Å². The monoisotopic (exact) mass is 304 g/mol. The highest BCUT2D eigenvalue weighted by Gasteiger charge is 2.09. The fraction of sp³-hybridized carbons (Fsp3) is 0.0769. The Labute approximate surface area is 112 Å². The summed E-state index contributed by atoms with van der Waals surface area (Å²) in [5.41, 5.74) is 3.48. The average molecular weight is 305 g/mol. The normalized spacial score (nSPS) is 10.8. The lowest BCUT2D eigenvalue weighted by Crippen LogP contribution is -1.88. The molecule has 0 atom stereocenters. The number of aromatic nitrogens is 2. The van der Waals surface area contributed by atoms with Gasteiger partial charge in [-0.25, -0.2) is 4.63 Å². The third kappa shape index (κ3) is 1.86. The summed E-state index contributed by atoms with van der Waals surface area (Å²) in [6.45, 7) is 0. The molecule has 0 aliphatic rings. The van der Waals surface area contributed by atoms with Crippen molar-refractivity contribution in [1.82, 2.24) is 10.3 Å². The molecular formula is C13H9BrN2O2. The molecule has 0 bridgehead atoms. The van der Waals surface area contributed by atoms with E-state index < -0.39 is 0 Å². The number of nitrogens with zero attached hydrogens (tertiary/aromatic N) is 2. The number of fused-ring (bicyclic) bond motifs is 1. The molecular weight excluding hydrogens is 296 g/mol. The van der Waals surface area contributed by atoms with Gasteiger partial charge in [0.1, 0.15) is 16.8 Å².